The van der Waals surface area contributed by atoms with Gasteiger partial charge in [-0.2, -0.15) is 0 Å². The van der Waals surface area contributed by atoms with Gasteiger partial charge in [-0.15, -0.1) is 0 Å². The van der Waals surface area contributed by atoms with Crippen molar-refractivity contribution in [2.45, 2.75) is 51.7 Å². The summed E-state index contributed by atoms with van der Waals surface area (Å²) in [5.41, 5.74) is 1.39. The molecule has 0 aromatic heterocycles. The fraction of sp³-hybridized carbons (Fsp3) is 0.708. The molecule has 0 amide bonds. The van der Waals surface area contributed by atoms with Crippen LogP contribution in [0.15, 0.2) is 35.3 Å². The maximum atomic E-state index is 5.89. The minimum atomic E-state index is 0.168. The first kappa shape index (κ1) is 23.0. The maximum absolute atomic E-state index is 5.89. The van der Waals surface area contributed by atoms with Crippen molar-refractivity contribution >= 4 is 5.96 Å². The number of hydrogen-bond acceptors (Lipinski definition) is 4. The van der Waals surface area contributed by atoms with Gasteiger partial charge in [0.05, 0.1) is 19.8 Å². The maximum Gasteiger partial charge on any atom is 0.191 e. The molecule has 6 heteroatoms. The Hall–Kier alpha value is -1.63. The molecule has 1 aromatic rings. The highest BCUT2D eigenvalue weighted by Crippen LogP contribution is 2.31. The first-order valence-electron chi connectivity index (χ1n) is 11.7. The largest absolute Gasteiger partial charge is 0.381 e. The molecule has 2 N–H and O–H groups in total. The van der Waals surface area contributed by atoms with Crippen LogP contribution in [0.3, 0.4) is 0 Å². The first-order chi connectivity index (χ1) is 14.7. The third-order valence-electron chi connectivity index (χ3n) is 6.21. The molecule has 0 spiro atoms. The number of likely N-dealkylation sites (tertiary alicyclic amines) is 1. The molecule has 30 heavy (non-hydrogen) atoms. The monoisotopic (exact) mass is 416 g/mol. The standard InChI is InChI=1S/C24H40N4O2/c1-3-25-23(26-17-21(2)18-30-19-22-9-5-4-6-10-22)27-20-24(11-15-29-16-12-24)28-13-7-8-14-28/h4-6,9-10,21H,3,7-8,11-20H2,1-2H3,(H2,25,26,27). The third-order valence-corrected chi connectivity index (χ3v) is 6.21. The van der Waals surface area contributed by atoms with E-state index < -0.39 is 0 Å². The minimum absolute atomic E-state index is 0.168. The molecular weight excluding hydrogens is 376 g/mol. The lowest BCUT2D eigenvalue weighted by molar-refractivity contribution is -0.0139. The van der Waals surface area contributed by atoms with E-state index in [9.17, 15) is 0 Å². The Bertz CT molecular complexity index is 625. The summed E-state index contributed by atoms with van der Waals surface area (Å²) in [6.45, 7) is 12.4. The molecular formula is C24H40N4O2. The second-order valence-corrected chi connectivity index (χ2v) is 8.71. The number of aliphatic imine (C=N–C) groups is 1. The lowest BCUT2D eigenvalue weighted by Gasteiger charge is -2.43. The molecule has 1 aromatic carbocycles. The molecule has 3 rings (SSSR count). The van der Waals surface area contributed by atoms with E-state index >= 15 is 0 Å². The Morgan fingerprint density at radius 1 is 1.17 bits per heavy atom. The Kier molecular flexibility index (Phi) is 9.43. The fourth-order valence-corrected chi connectivity index (χ4v) is 4.37. The Morgan fingerprint density at radius 3 is 2.60 bits per heavy atom. The molecule has 2 fully saturated rings. The molecule has 1 unspecified atom stereocenters. The Balaban J connectivity index is 1.48. The lowest BCUT2D eigenvalue weighted by atomic mass is 9.88. The van der Waals surface area contributed by atoms with E-state index in [4.69, 9.17) is 14.5 Å². The van der Waals surface area contributed by atoms with E-state index in [1.165, 1.54) is 31.5 Å². The molecule has 2 saturated heterocycles. The highest BCUT2D eigenvalue weighted by atomic mass is 16.5. The van der Waals surface area contributed by atoms with Crippen LogP contribution >= 0.6 is 0 Å². The average molecular weight is 417 g/mol. The summed E-state index contributed by atoms with van der Waals surface area (Å²) in [6.07, 6.45) is 4.79. The zero-order chi connectivity index (χ0) is 21.1. The molecule has 0 bridgehead atoms. The van der Waals surface area contributed by atoms with E-state index in [1.807, 2.05) is 6.07 Å². The smallest absolute Gasteiger partial charge is 0.191 e. The summed E-state index contributed by atoms with van der Waals surface area (Å²) in [7, 11) is 0. The number of nitrogens with zero attached hydrogens (tertiary/aromatic N) is 2. The highest BCUT2D eigenvalue weighted by Gasteiger charge is 2.39. The second-order valence-electron chi connectivity index (χ2n) is 8.71. The van der Waals surface area contributed by atoms with E-state index in [1.54, 1.807) is 0 Å². The molecule has 2 aliphatic rings. The third kappa shape index (κ3) is 6.96. The van der Waals surface area contributed by atoms with Gasteiger partial charge in [0.2, 0.25) is 0 Å². The number of hydrogen-bond donors (Lipinski definition) is 2. The van der Waals surface area contributed by atoms with Gasteiger partial charge in [-0.3, -0.25) is 9.89 Å². The van der Waals surface area contributed by atoms with Crippen LogP contribution in [0, 0.1) is 5.92 Å². The van der Waals surface area contributed by atoms with Gasteiger partial charge in [0, 0.05) is 31.8 Å². The predicted octanol–water partition coefficient (Wildman–Crippen LogP) is 3.04. The van der Waals surface area contributed by atoms with Gasteiger partial charge in [0.1, 0.15) is 0 Å². The molecule has 168 valence electrons. The van der Waals surface area contributed by atoms with Gasteiger partial charge in [-0.25, -0.2) is 0 Å². The topological polar surface area (TPSA) is 58.1 Å². The van der Waals surface area contributed by atoms with E-state index in [-0.39, 0.29) is 5.54 Å². The summed E-state index contributed by atoms with van der Waals surface area (Å²) < 4.78 is 11.6. The number of rotatable bonds is 10. The van der Waals surface area contributed by atoms with E-state index in [0.717, 1.165) is 58.3 Å². The Morgan fingerprint density at radius 2 is 1.90 bits per heavy atom. The van der Waals surface area contributed by atoms with Crippen molar-refractivity contribution in [2.24, 2.45) is 10.9 Å². The molecule has 2 aliphatic heterocycles. The van der Waals surface area contributed by atoms with Crippen molar-refractivity contribution in [3.8, 4) is 0 Å². The van der Waals surface area contributed by atoms with Crippen molar-refractivity contribution in [1.29, 1.82) is 0 Å². The van der Waals surface area contributed by atoms with Crippen molar-refractivity contribution in [2.75, 3.05) is 52.5 Å². The van der Waals surface area contributed by atoms with Gasteiger partial charge in [0.25, 0.3) is 0 Å². The fourth-order valence-electron chi connectivity index (χ4n) is 4.37. The van der Waals surface area contributed by atoms with Crippen LogP contribution in [-0.2, 0) is 16.1 Å². The molecule has 2 heterocycles. The van der Waals surface area contributed by atoms with Crippen LogP contribution in [0.2, 0.25) is 0 Å². The van der Waals surface area contributed by atoms with E-state index in [0.29, 0.717) is 12.5 Å². The van der Waals surface area contributed by atoms with Crippen molar-refractivity contribution in [1.82, 2.24) is 15.5 Å². The van der Waals surface area contributed by atoms with Crippen LogP contribution in [-0.4, -0.2) is 68.9 Å². The van der Waals surface area contributed by atoms with Gasteiger partial charge < -0.3 is 20.1 Å². The van der Waals surface area contributed by atoms with Crippen LogP contribution in [0.25, 0.3) is 0 Å². The molecule has 1 atom stereocenters. The van der Waals surface area contributed by atoms with Crippen LogP contribution in [0.1, 0.15) is 45.1 Å². The SMILES string of the molecule is CCNC(=NCC1(N2CCCC2)CCOCC1)NCC(C)COCc1ccccc1. The van der Waals surface area contributed by atoms with Gasteiger partial charge in [0.15, 0.2) is 5.96 Å². The molecule has 0 radical (unpaired) electrons. The number of guanidine groups is 1. The van der Waals surface area contributed by atoms with Gasteiger partial charge in [-0.1, -0.05) is 37.3 Å². The van der Waals surface area contributed by atoms with Crippen molar-refractivity contribution in [3.63, 3.8) is 0 Å². The van der Waals surface area contributed by atoms with Crippen LogP contribution in [0.5, 0.6) is 0 Å². The predicted molar refractivity (Wildman–Crippen MR) is 123 cm³/mol. The van der Waals surface area contributed by atoms with Gasteiger partial charge >= 0.3 is 0 Å². The Labute approximate surface area is 182 Å². The number of nitrogens with one attached hydrogen (secondary N) is 2. The normalized spacial score (nSPS) is 20.8. The first-order valence-corrected chi connectivity index (χ1v) is 11.7. The van der Waals surface area contributed by atoms with Crippen molar-refractivity contribution < 1.29 is 9.47 Å². The molecule has 0 aliphatic carbocycles. The summed E-state index contributed by atoms with van der Waals surface area (Å²) in [4.78, 5) is 7.68. The zero-order valence-electron chi connectivity index (χ0n) is 18.9. The van der Waals surface area contributed by atoms with Crippen LogP contribution < -0.4 is 10.6 Å². The molecule has 0 saturated carbocycles. The summed E-state index contributed by atoms with van der Waals surface area (Å²) >= 11 is 0. The number of benzene rings is 1. The van der Waals surface area contributed by atoms with E-state index in [2.05, 4.69) is 53.6 Å². The zero-order valence-corrected chi connectivity index (χ0v) is 18.9. The second kappa shape index (κ2) is 12.3. The quantitative estimate of drug-likeness (QED) is 0.454. The van der Waals surface area contributed by atoms with Gasteiger partial charge in [-0.05, 0) is 57.2 Å². The van der Waals surface area contributed by atoms with Crippen molar-refractivity contribution in [3.05, 3.63) is 35.9 Å². The number of ether oxygens (including phenoxy) is 2. The summed E-state index contributed by atoms with van der Waals surface area (Å²) in [5, 5.41) is 6.94. The average Bonchev–Trinajstić information content (AvgIpc) is 3.33. The lowest BCUT2D eigenvalue weighted by Crippen LogP contribution is -2.54. The summed E-state index contributed by atoms with van der Waals surface area (Å²) in [6, 6.07) is 10.3. The minimum Gasteiger partial charge on any atom is -0.381 e. The summed E-state index contributed by atoms with van der Waals surface area (Å²) in [5.74, 6) is 1.32. The molecule has 6 nitrogen and oxygen atoms in total. The highest BCUT2D eigenvalue weighted by molar-refractivity contribution is 5.79. The van der Waals surface area contributed by atoms with Crippen LogP contribution in [0.4, 0.5) is 0 Å².